The molecule has 1 saturated heterocycles. The van der Waals surface area contributed by atoms with Crippen molar-refractivity contribution in [3.8, 4) is 0 Å². The van der Waals surface area contributed by atoms with E-state index >= 15 is 0 Å². The van der Waals surface area contributed by atoms with Crippen molar-refractivity contribution in [3.05, 3.63) is 34.6 Å². The smallest absolute Gasteiger partial charge is 0.380 e. The molecule has 0 bridgehead atoms. The van der Waals surface area contributed by atoms with Crippen LogP contribution < -0.4 is 0 Å². The van der Waals surface area contributed by atoms with E-state index in [2.05, 4.69) is 0 Å². The molecular formula is C13H12ClF4NO2. The van der Waals surface area contributed by atoms with Gasteiger partial charge in [0.05, 0.1) is 10.6 Å². The third-order valence-electron chi connectivity index (χ3n) is 3.59. The van der Waals surface area contributed by atoms with Crippen LogP contribution in [0.15, 0.2) is 18.2 Å². The summed E-state index contributed by atoms with van der Waals surface area (Å²) in [7, 11) is 0. The first-order valence-electron chi connectivity index (χ1n) is 6.18. The van der Waals surface area contributed by atoms with Gasteiger partial charge in [-0.1, -0.05) is 17.7 Å². The van der Waals surface area contributed by atoms with Gasteiger partial charge in [0.25, 0.3) is 5.91 Å². The molecule has 1 aliphatic heterocycles. The zero-order valence-corrected chi connectivity index (χ0v) is 11.5. The lowest BCUT2D eigenvalue weighted by Crippen LogP contribution is -2.54. The predicted molar refractivity (Wildman–Crippen MR) is 67.6 cm³/mol. The molecule has 8 heteroatoms. The molecule has 1 fully saturated rings. The van der Waals surface area contributed by atoms with Gasteiger partial charge in [-0.3, -0.25) is 4.79 Å². The van der Waals surface area contributed by atoms with Crippen molar-refractivity contribution in [1.29, 1.82) is 0 Å². The Kier molecular flexibility index (Phi) is 4.17. The standard InChI is InChI=1S/C13H12ClF4NO2/c14-9-3-1-2-8(10(9)15)11(20)19-6-4-12(21,5-7-19)13(16,17)18/h1-3,21H,4-7H2. The molecule has 0 aromatic heterocycles. The Morgan fingerprint density at radius 3 is 2.38 bits per heavy atom. The summed E-state index contributed by atoms with van der Waals surface area (Å²) >= 11 is 5.57. The zero-order valence-electron chi connectivity index (χ0n) is 10.8. The number of amides is 1. The largest absolute Gasteiger partial charge is 0.417 e. The van der Waals surface area contributed by atoms with E-state index in [9.17, 15) is 27.5 Å². The van der Waals surface area contributed by atoms with Crippen LogP contribution in [0.25, 0.3) is 0 Å². The molecule has 0 saturated carbocycles. The minimum absolute atomic E-state index is 0.232. The van der Waals surface area contributed by atoms with Gasteiger partial charge in [0.1, 0.15) is 0 Å². The number of alkyl halides is 3. The fraction of sp³-hybridized carbons (Fsp3) is 0.462. The van der Waals surface area contributed by atoms with Gasteiger partial charge in [-0.05, 0) is 12.1 Å². The lowest BCUT2D eigenvalue weighted by atomic mass is 9.90. The van der Waals surface area contributed by atoms with E-state index in [1.54, 1.807) is 0 Å². The van der Waals surface area contributed by atoms with E-state index in [0.29, 0.717) is 0 Å². The molecule has 0 radical (unpaired) electrons. The zero-order chi connectivity index (χ0) is 15.8. The SMILES string of the molecule is O=C(c1cccc(Cl)c1F)N1CCC(O)(C(F)(F)F)CC1. The van der Waals surface area contributed by atoms with Gasteiger partial charge in [0.2, 0.25) is 0 Å². The first-order valence-corrected chi connectivity index (χ1v) is 6.56. The summed E-state index contributed by atoms with van der Waals surface area (Å²) in [4.78, 5) is 13.2. The Morgan fingerprint density at radius 2 is 1.86 bits per heavy atom. The van der Waals surface area contributed by atoms with Crippen LogP contribution in [-0.4, -0.2) is 40.8 Å². The van der Waals surface area contributed by atoms with Crippen molar-refractivity contribution in [2.75, 3.05) is 13.1 Å². The second-order valence-corrected chi connectivity index (χ2v) is 5.33. The normalized spacial score (nSPS) is 18.7. The topological polar surface area (TPSA) is 40.5 Å². The maximum absolute atomic E-state index is 13.7. The number of carbonyl (C=O) groups excluding carboxylic acids is 1. The minimum Gasteiger partial charge on any atom is -0.380 e. The Labute approximate surface area is 123 Å². The summed E-state index contributed by atoms with van der Waals surface area (Å²) in [6.45, 7) is -0.610. The number of halogens is 5. The lowest BCUT2D eigenvalue weighted by Gasteiger charge is -2.39. The molecule has 3 nitrogen and oxygen atoms in total. The van der Waals surface area contributed by atoms with Crippen LogP contribution >= 0.6 is 11.6 Å². The van der Waals surface area contributed by atoms with Crippen molar-refractivity contribution in [3.63, 3.8) is 0 Å². The quantitative estimate of drug-likeness (QED) is 0.806. The number of piperidine rings is 1. The van der Waals surface area contributed by atoms with Crippen LogP contribution in [0.2, 0.25) is 5.02 Å². The van der Waals surface area contributed by atoms with E-state index < -0.39 is 36.3 Å². The van der Waals surface area contributed by atoms with Crippen LogP contribution in [0, 0.1) is 5.82 Å². The molecule has 0 aliphatic carbocycles. The van der Waals surface area contributed by atoms with Crippen LogP contribution in [0.3, 0.4) is 0 Å². The average molecular weight is 326 g/mol. The molecule has 1 aliphatic rings. The highest BCUT2D eigenvalue weighted by molar-refractivity contribution is 6.31. The molecule has 1 aromatic rings. The van der Waals surface area contributed by atoms with E-state index in [-0.39, 0.29) is 23.7 Å². The van der Waals surface area contributed by atoms with Crippen LogP contribution in [0.4, 0.5) is 17.6 Å². The van der Waals surface area contributed by atoms with Crippen molar-refractivity contribution in [2.45, 2.75) is 24.6 Å². The molecule has 0 unspecified atom stereocenters. The second kappa shape index (κ2) is 5.46. The molecule has 2 rings (SSSR count). The molecule has 0 spiro atoms. The number of hydrogen-bond donors (Lipinski definition) is 1. The number of nitrogens with zero attached hydrogens (tertiary/aromatic N) is 1. The molecule has 21 heavy (non-hydrogen) atoms. The van der Waals surface area contributed by atoms with E-state index in [4.69, 9.17) is 11.6 Å². The molecule has 1 aromatic carbocycles. The number of carbonyl (C=O) groups is 1. The Morgan fingerprint density at radius 1 is 1.29 bits per heavy atom. The van der Waals surface area contributed by atoms with Gasteiger partial charge in [-0.2, -0.15) is 13.2 Å². The molecule has 1 heterocycles. The molecule has 116 valence electrons. The number of rotatable bonds is 1. The first kappa shape index (κ1) is 16.0. The highest BCUT2D eigenvalue weighted by Gasteiger charge is 2.54. The van der Waals surface area contributed by atoms with Crippen molar-refractivity contribution >= 4 is 17.5 Å². The summed E-state index contributed by atoms with van der Waals surface area (Å²) < 4.78 is 51.7. The number of aliphatic hydroxyl groups is 1. The number of hydrogen-bond acceptors (Lipinski definition) is 2. The van der Waals surface area contributed by atoms with E-state index in [1.807, 2.05) is 0 Å². The van der Waals surface area contributed by atoms with Gasteiger partial charge >= 0.3 is 6.18 Å². The van der Waals surface area contributed by atoms with Crippen molar-refractivity contribution in [1.82, 2.24) is 4.90 Å². The van der Waals surface area contributed by atoms with Crippen LogP contribution in [0.1, 0.15) is 23.2 Å². The third-order valence-corrected chi connectivity index (χ3v) is 3.88. The van der Waals surface area contributed by atoms with Crippen LogP contribution in [-0.2, 0) is 0 Å². The molecular weight excluding hydrogens is 314 g/mol. The summed E-state index contributed by atoms with van der Waals surface area (Å²) in [6, 6.07) is 3.87. The summed E-state index contributed by atoms with van der Waals surface area (Å²) in [5.74, 6) is -1.64. The van der Waals surface area contributed by atoms with Gasteiger partial charge in [-0.15, -0.1) is 0 Å². The predicted octanol–water partition coefficient (Wildman–Crippen LogP) is 3.01. The fourth-order valence-electron chi connectivity index (χ4n) is 2.20. The molecule has 1 N–H and O–H groups in total. The first-order chi connectivity index (χ1) is 9.66. The fourth-order valence-corrected chi connectivity index (χ4v) is 2.38. The van der Waals surface area contributed by atoms with Gasteiger partial charge in [0.15, 0.2) is 11.4 Å². The maximum Gasteiger partial charge on any atom is 0.417 e. The van der Waals surface area contributed by atoms with Crippen molar-refractivity contribution < 1.29 is 27.5 Å². The third kappa shape index (κ3) is 2.98. The highest BCUT2D eigenvalue weighted by Crippen LogP contribution is 2.38. The summed E-state index contributed by atoms with van der Waals surface area (Å²) in [5.41, 5.74) is -3.09. The molecule has 0 atom stereocenters. The molecule has 1 amide bonds. The van der Waals surface area contributed by atoms with Crippen molar-refractivity contribution in [2.24, 2.45) is 0 Å². The Hall–Kier alpha value is -1.34. The van der Waals surface area contributed by atoms with E-state index in [1.165, 1.54) is 18.2 Å². The van der Waals surface area contributed by atoms with E-state index in [0.717, 1.165) is 4.90 Å². The van der Waals surface area contributed by atoms with Crippen LogP contribution in [0.5, 0.6) is 0 Å². The van der Waals surface area contributed by atoms with Gasteiger partial charge in [0, 0.05) is 25.9 Å². The Bertz CT molecular complexity index is 554. The highest BCUT2D eigenvalue weighted by atomic mass is 35.5. The summed E-state index contributed by atoms with van der Waals surface area (Å²) in [6.07, 6.45) is -6.02. The average Bonchev–Trinajstić information content (AvgIpc) is 2.41. The summed E-state index contributed by atoms with van der Waals surface area (Å²) in [5, 5.41) is 9.29. The number of benzene rings is 1. The van der Waals surface area contributed by atoms with Gasteiger partial charge < -0.3 is 10.0 Å². The monoisotopic (exact) mass is 325 g/mol. The number of likely N-dealkylation sites (tertiary alicyclic amines) is 1. The Balaban J connectivity index is 2.13. The maximum atomic E-state index is 13.7. The lowest BCUT2D eigenvalue weighted by molar-refractivity contribution is -0.271. The minimum atomic E-state index is -4.75. The second-order valence-electron chi connectivity index (χ2n) is 4.92. The van der Waals surface area contributed by atoms with Gasteiger partial charge in [-0.25, -0.2) is 4.39 Å².